The average Bonchev–Trinajstić information content (AvgIpc) is 2.68. The number of nitrogens with two attached hydrogens (primary N) is 1. The molecule has 0 aliphatic heterocycles. The molecular weight excluding hydrogens is 254 g/mol. The summed E-state index contributed by atoms with van der Waals surface area (Å²) in [4.78, 5) is 0. The van der Waals surface area contributed by atoms with E-state index in [1.54, 1.807) is 0 Å². The van der Waals surface area contributed by atoms with Crippen LogP contribution in [-0.2, 0) is 0 Å². The quantitative estimate of drug-likeness (QED) is 0.896. The van der Waals surface area contributed by atoms with Crippen LogP contribution in [0.15, 0.2) is 27.1 Å². The van der Waals surface area contributed by atoms with E-state index in [1.807, 2.05) is 25.1 Å². The smallest absolute Gasteiger partial charge is 0.138 e. The molecule has 2 N–H and O–H groups in total. The van der Waals surface area contributed by atoms with E-state index in [-0.39, 0.29) is 6.04 Å². The molecule has 2 aromatic rings. The van der Waals surface area contributed by atoms with Crippen LogP contribution in [0.3, 0.4) is 0 Å². The summed E-state index contributed by atoms with van der Waals surface area (Å²) in [6, 6.07) is 6.09. The van der Waals surface area contributed by atoms with Crippen LogP contribution >= 0.6 is 15.9 Å². The van der Waals surface area contributed by atoms with Crippen LogP contribution in [0, 0.1) is 6.92 Å². The predicted octanol–water partition coefficient (Wildman–Crippen LogP) is 3.91. The van der Waals surface area contributed by atoms with Crippen molar-refractivity contribution < 1.29 is 4.42 Å². The molecule has 1 atom stereocenters. The summed E-state index contributed by atoms with van der Waals surface area (Å²) in [6.45, 7) is 4.10. The summed E-state index contributed by atoms with van der Waals surface area (Å²) in [5, 5.41) is 1.11. The minimum absolute atomic E-state index is 0.0105. The first-order valence-electron chi connectivity index (χ1n) is 5.07. The molecule has 0 aliphatic rings. The van der Waals surface area contributed by atoms with Crippen molar-refractivity contribution >= 4 is 26.9 Å². The van der Waals surface area contributed by atoms with Gasteiger partial charge in [0.05, 0.1) is 6.04 Å². The van der Waals surface area contributed by atoms with Crippen molar-refractivity contribution in [3.8, 4) is 0 Å². The van der Waals surface area contributed by atoms with Crippen molar-refractivity contribution in [1.29, 1.82) is 0 Å². The Morgan fingerprint density at radius 2 is 2.20 bits per heavy atom. The van der Waals surface area contributed by atoms with Gasteiger partial charge in [-0.15, -0.1) is 0 Å². The van der Waals surface area contributed by atoms with Gasteiger partial charge in [-0.1, -0.05) is 28.9 Å². The molecule has 0 saturated heterocycles. The van der Waals surface area contributed by atoms with E-state index < -0.39 is 0 Å². The molecule has 0 bridgehead atoms. The van der Waals surface area contributed by atoms with Crippen molar-refractivity contribution in [3.63, 3.8) is 0 Å². The van der Waals surface area contributed by atoms with Crippen molar-refractivity contribution in [2.75, 3.05) is 0 Å². The lowest BCUT2D eigenvalue weighted by Gasteiger charge is -2.02. The van der Waals surface area contributed by atoms with Gasteiger partial charge in [-0.05, 0) is 31.0 Å². The fourth-order valence-electron chi connectivity index (χ4n) is 1.63. The predicted molar refractivity (Wildman–Crippen MR) is 65.9 cm³/mol. The Labute approximate surface area is 97.6 Å². The summed E-state index contributed by atoms with van der Waals surface area (Å²) in [5.41, 5.74) is 8.02. The van der Waals surface area contributed by atoms with Crippen LogP contribution < -0.4 is 5.73 Å². The SMILES string of the molecule is CCC(N)c1cc2c(Br)ccc(C)c2o1. The normalized spacial score (nSPS) is 13.3. The van der Waals surface area contributed by atoms with E-state index in [4.69, 9.17) is 10.2 Å². The third kappa shape index (κ3) is 1.82. The number of fused-ring (bicyclic) bond motifs is 1. The lowest BCUT2D eigenvalue weighted by molar-refractivity contribution is 0.487. The second-order valence-corrected chi connectivity index (χ2v) is 4.62. The van der Waals surface area contributed by atoms with Crippen LogP contribution in [0.25, 0.3) is 11.0 Å². The van der Waals surface area contributed by atoms with Gasteiger partial charge in [0.1, 0.15) is 11.3 Å². The number of rotatable bonds is 2. The molecule has 1 aromatic heterocycles. The average molecular weight is 268 g/mol. The van der Waals surface area contributed by atoms with E-state index in [0.29, 0.717) is 0 Å². The molecule has 15 heavy (non-hydrogen) atoms. The van der Waals surface area contributed by atoms with Gasteiger partial charge in [0.15, 0.2) is 0 Å². The van der Waals surface area contributed by atoms with E-state index in [9.17, 15) is 0 Å². The molecule has 0 amide bonds. The molecule has 0 spiro atoms. The van der Waals surface area contributed by atoms with E-state index in [1.165, 1.54) is 0 Å². The summed E-state index contributed by atoms with van der Waals surface area (Å²) >= 11 is 3.51. The summed E-state index contributed by atoms with van der Waals surface area (Å²) in [6.07, 6.45) is 0.885. The van der Waals surface area contributed by atoms with Crippen molar-refractivity contribution in [3.05, 3.63) is 34.0 Å². The Hall–Kier alpha value is -0.800. The Kier molecular flexibility index (Phi) is 2.85. The molecule has 3 heteroatoms. The molecule has 0 fully saturated rings. The van der Waals surface area contributed by atoms with Crippen molar-refractivity contribution in [2.24, 2.45) is 5.73 Å². The number of hydrogen-bond donors (Lipinski definition) is 1. The Morgan fingerprint density at radius 3 is 2.80 bits per heavy atom. The van der Waals surface area contributed by atoms with Gasteiger partial charge in [0, 0.05) is 9.86 Å². The third-order valence-electron chi connectivity index (χ3n) is 2.65. The molecule has 2 nitrogen and oxygen atoms in total. The highest BCUT2D eigenvalue weighted by atomic mass is 79.9. The van der Waals surface area contributed by atoms with E-state index in [2.05, 4.69) is 22.9 Å². The molecule has 1 heterocycles. The summed E-state index contributed by atoms with van der Waals surface area (Å²) < 4.78 is 6.83. The Bertz CT molecular complexity index is 451. The number of furan rings is 1. The van der Waals surface area contributed by atoms with Gasteiger partial charge >= 0.3 is 0 Å². The molecule has 1 unspecified atom stereocenters. The summed E-state index contributed by atoms with van der Waals surface area (Å²) in [5.74, 6) is 0.863. The van der Waals surface area contributed by atoms with Crippen molar-refractivity contribution in [2.45, 2.75) is 26.3 Å². The van der Waals surface area contributed by atoms with Gasteiger partial charge in [-0.3, -0.25) is 0 Å². The van der Waals surface area contributed by atoms with Gasteiger partial charge in [-0.25, -0.2) is 0 Å². The zero-order valence-electron chi connectivity index (χ0n) is 8.88. The molecule has 1 aromatic carbocycles. The highest BCUT2D eigenvalue weighted by Gasteiger charge is 2.13. The van der Waals surface area contributed by atoms with Crippen LogP contribution in [0.1, 0.15) is 30.7 Å². The van der Waals surface area contributed by atoms with Crippen molar-refractivity contribution in [1.82, 2.24) is 0 Å². The zero-order valence-corrected chi connectivity index (χ0v) is 10.5. The lowest BCUT2D eigenvalue weighted by Crippen LogP contribution is -2.06. The maximum atomic E-state index is 5.95. The molecule has 2 rings (SSSR count). The third-order valence-corrected chi connectivity index (χ3v) is 3.34. The van der Waals surface area contributed by atoms with E-state index >= 15 is 0 Å². The molecule has 0 radical (unpaired) electrons. The molecule has 80 valence electrons. The molecular formula is C12H14BrNO. The molecule has 0 aliphatic carbocycles. The minimum Gasteiger partial charge on any atom is -0.459 e. The minimum atomic E-state index is -0.0105. The van der Waals surface area contributed by atoms with E-state index in [0.717, 1.165) is 33.2 Å². The Balaban J connectivity index is 2.64. The van der Waals surface area contributed by atoms with Gasteiger partial charge < -0.3 is 10.2 Å². The van der Waals surface area contributed by atoms with Crippen LogP contribution in [0.2, 0.25) is 0 Å². The zero-order chi connectivity index (χ0) is 11.0. The fraction of sp³-hybridized carbons (Fsp3) is 0.333. The topological polar surface area (TPSA) is 39.2 Å². The second kappa shape index (κ2) is 3.99. The first-order chi connectivity index (χ1) is 7.13. The van der Waals surface area contributed by atoms with Crippen LogP contribution in [0.5, 0.6) is 0 Å². The van der Waals surface area contributed by atoms with Gasteiger partial charge in [-0.2, -0.15) is 0 Å². The first-order valence-corrected chi connectivity index (χ1v) is 5.87. The first kappa shape index (κ1) is 10.7. The number of benzene rings is 1. The maximum Gasteiger partial charge on any atom is 0.138 e. The summed E-state index contributed by atoms with van der Waals surface area (Å²) in [7, 11) is 0. The monoisotopic (exact) mass is 267 g/mol. The Morgan fingerprint density at radius 1 is 1.47 bits per heavy atom. The largest absolute Gasteiger partial charge is 0.459 e. The van der Waals surface area contributed by atoms with Crippen LogP contribution in [0.4, 0.5) is 0 Å². The lowest BCUT2D eigenvalue weighted by atomic mass is 10.1. The molecule has 0 saturated carbocycles. The highest BCUT2D eigenvalue weighted by molar-refractivity contribution is 9.10. The highest BCUT2D eigenvalue weighted by Crippen LogP contribution is 2.31. The second-order valence-electron chi connectivity index (χ2n) is 3.77. The standard InChI is InChI=1S/C12H14BrNO/c1-3-10(14)11-6-8-9(13)5-4-7(2)12(8)15-11/h4-6,10H,3,14H2,1-2H3. The van der Waals surface area contributed by atoms with Crippen LogP contribution in [-0.4, -0.2) is 0 Å². The maximum absolute atomic E-state index is 5.95. The fourth-order valence-corrected chi connectivity index (χ4v) is 2.05. The number of halogens is 1. The van der Waals surface area contributed by atoms with Gasteiger partial charge in [0.2, 0.25) is 0 Å². The van der Waals surface area contributed by atoms with Gasteiger partial charge in [0.25, 0.3) is 0 Å². The number of hydrogen-bond acceptors (Lipinski definition) is 2. The number of aryl methyl sites for hydroxylation is 1.